The van der Waals surface area contributed by atoms with Crippen LogP contribution in [0.2, 0.25) is 0 Å². The molecular formula is C72H132O6. The minimum absolute atomic E-state index is 0.0733. The van der Waals surface area contributed by atoms with Crippen molar-refractivity contribution >= 4 is 17.9 Å². The molecule has 0 aliphatic rings. The Morgan fingerprint density at radius 2 is 0.487 bits per heavy atom. The van der Waals surface area contributed by atoms with Crippen molar-refractivity contribution in [1.29, 1.82) is 0 Å². The van der Waals surface area contributed by atoms with Crippen LogP contribution in [0.15, 0.2) is 48.6 Å². The Hall–Kier alpha value is -2.63. The summed E-state index contributed by atoms with van der Waals surface area (Å²) < 4.78 is 16.9. The first-order valence-corrected chi connectivity index (χ1v) is 34.6. The molecule has 0 fully saturated rings. The minimum atomic E-state index is -0.777. The lowest BCUT2D eigenvalue weighted by Crippen LogP contribution is -2.30. The zero-order valence-electron chi connectivity index (χ0n) is 52.5. The van der Waals surface area contributed by atoms with Crippen LogP contribution < -0.4 is 0 Å². The highest BCUT2D eigenvalue weighted by Gasteiger charge is 2.19. The van der Waals surface area contributed by atoms with E-state index in [-0.39, 0.29) is 31.1 Å². The lowest BCUT2D eigenvalue weighted by atomic mass is 10.0. The molecule has 456 valence electrons. The van der Waals surface area contributed by atoms with E-state index in [9.17, 15) is 14.4 Å². The highest BCUT2D eigenvalue weighted by atomic mass is 16.6. The van der Waals surface area contributed by atoms with Crippen LogP contribution in [-0.2, 0) is 28.6 Å². The Morgan fingerprint density at radius 1 is 0.256 bits per heavy atom. The van der Waals surface area contributed by atoms with E-state index in [1.54, 1.807) is 0 Å². The highest BCUT2D eigenvalue weighted by molar-refractivity contribution is 5.71. The number of ether oxygens (including phenoxy) is 3. The Labute approximate surface area is 486 Å². The average molecular weight is 1090 g/mol. The van der Waals surface area contributed by atoms with Gasteiger partial charge in [0.1, 0.15) is 13.2 Å². The summed E-state index contributed by atoms with van der Waals surface area (Å²) in [5.74, 6) is -0.865. The van der Waals surface area contributed by atoms with E-state index >= 15 is 0 Å². The Kier molecular flexibility index (Phi) is 64.6. The van der Waals surface area contributed by atoms with Gasteiger partial charge in [-0.25, -0.2) is 0 Å². The Morgan fingerprint density at radius 3 is 0.769 bits per heavy atom. The van der Waals surface area contributed by atoms with Crippen LogP contribution in [0.1, 0.15) is 374 Å². The van der Waals surface area contributed by atoms with Crippen LogP contribution >= 0.6 is 0 Å². The van der Waals surface area contributed by atoms with Crippen LogP contribution in [-0.4, -0.2) is 37.2 Å². The molecule has 0 bridgehead atoms. The van der Waals surface area contributed by atoms with E-state index in [1.807, 2.05) is 0 Å². The number of allylic oxidation sites excluding steroid dienone is 8. The predicted octanol–water partition coefficient (Wildman–Crippen LogP) is 23.7. The van der Waals surface area contributed by atoms with Gasteiger partial charge in [0.15, 0.2) is 6.10 Å². The number of carbonyl (C=O) groups excluding carboxylic acids is 3. The highest BCUT2D eigenvalue weighted by Crippen LogP contribution is 2.18. The molecule has 0 spiro atoms. The molecule has 0 saturated heterocycles. The zero-order chi connectivity index (χ0) is 56.4. The maximum absolute atomic E-state index is 12.9. The second-order valence-electron chi connectivity index (χ2n) is 23.4. The number of unbranched alkanes of at least 4 members (excludes halogenated alkanes) is 45. The van der Waals surface area contributed by atoms with Gasteiger partial charge < -0.3 is 14.2 Å². The molecule has 0 saturated carbocycles. The molecular weight excluding hydrogens is 961 g/mol. The largest absolute Gasteiger partial charge is 0.462 e. The molecule has 0 aromatic carbocycles. The summed E-state index contributed by atoms with van der Waals surface area (Å²) in [7, 11) is 0. The van der Waals surface area contributed by atoms with Crippen LogP contribution in [0.25, 0.3) is 0 Å². The molecule has 1 unspecified atom stereocenters. The van der Waals surface area contributed by atoms with E-state index in [4.69, 9.17) is 14.2 Å². The van der Waals surface area contributed by atoms with Gasteiger partial charge in [0.05, 0.1) is 0 Å². The maximum Gasteiger partial charge on any atom is 0.306 e. The van der Waals surface area contributed by atoms with Crippen LogP contribution in [0, 0.1) is 0 Å². The first-order valence-electron chi connectivity index (χ1n) is 34.6. The smallest absolute Gasteiger partial charge is 0.306 e. The van der Waals surface area contributed by atoms with Gasteiger partial charge in [0.2, 0.25) is 0 Å². The first kappa shape index (κ1) is 75.4. The van der Waals surface area contributed by atoms with Gasteiger partial charge in [0, 0.05) is 19.3 Å². The van der Waals surface area contributed by atoms with Gasteiger partial charge in [-0.1, -0.05) is 307 Å². The molecule has 1 atom stereocenters. The maximum atomic E-state index is 12.9. The van der Waals surface area contributed by atoms with Gasteiger partial charge in [0.25, 0.3) is 0 Å². The standard InChI is InChI=1S/C72H132O6/c1-4-7-10-13-16-19-22-24-26-28-30-32-34-35-36-37-39-40-42-44-46-48-50-53-56-59-62-65-71(74)77-68-69(67-76-70(73)64-61-58-55-52-21-18-15-12-9-6-3)78-72(75)66-63-60-57-54-51-49-47-45-43-41-38-33-31-29-27-25-23-20-17-14-11-8-5-2/h12,15,23,25,28-31,69H,4-11,13-14,16-22,24,26-27,32-68H2,1-3H3/b15-12-,25-23-,30-28-,31-29-. The van der Waals surface area contributed by atoms with E-state index < -0.39 is 6.10 Å². The second kappa shape index (κ2) is 66.9. The summed E-state index contributed by atoms with van der Waals surface area (Å²) in [6.07, 6.45) is 84.4. The number of esters is 3. The van der Waals surface area contributed by atoms with Crippen molar-refractivity contribution in [3.63, 3.8) is 0 Å². The summed E-state index contributed by atoms with van der Waals surface area (Å²) in [6, 6.07) is 0. The van der Waals surface area contributed by atoms with Crippen molar-refractivity contribution in [2.24, 2.45) is 0 Å². The van der Waals surface area contributed by atoms with Crippen LogP contribution in [0.4, 0.5) is 0 Å². The summed E-state index contributed by atoms with van der Waals surface area (Å²) in [4.78, 5) is 38.3. The number of hydrogen-bond acceptors (Lipinski definition) is 6. The monoisotopic (exact) mass is 1090 g/mol. The van der Waals surface area contributed by atoms with Gasteiger partial charge in [-0.3, -0.25) is 14.4 Å². The second-order valence-corrected chi connectivity index (χ2v) is 23.4. The lowest BCUT2D eigenvalue weighted by Gasteiger charge is -2.18. The van der Waals surface area contributed by atoms with E-state index in [2.05, 4.69) is 69.4 Å². The fourth-order valence-corrected chi connectivity index (χ4v) is 10.3. The van der Waals surface area contributed by atoms with Gasteiger partial charge in [-0.15, -0.1) is 0 Å². The van der Waals surface area contributed by atoms with Gasteiger partial charge in [-0.05, 0) is 96.3 Å². The SMILES string of the molecule is CCC/C=C\CCCCCCCC(=O)OCC(COC(=O)CCCCCCCCCCCCCCCCC/C=C\CCCCCCCCCC)OC(=O)CCCCCCCCCCCCC/C=C\C/C=C\CCCCCCC. The molecule has 78 heavy (non-hydrogen) atoms. The lowest BCUT2D eigenvalue weighted by molar-refractivity contribution is -0.167. The molecule has 0 radical (unpaired) electrons. The van der Waals surface area contributed by atoms with Gasteiger partial charge in [-0.2, -0.15) is 0 Å². The molecule has 0 aliphatic carbocycles. The van der Waals surface area contributed by atoms with Crippen molar-refractivity contribution in [2.45, 2.75) is 380 Å². The molecule has 0 rings (SSSR count). The quantitative estimate of drug-likeness (QED) is 0.0261. The van der Waals surface area contributed by atoms with Crippen LogP contribution in [0.5, 0.6) is 0 Å². The third-order valence-corrected chi connectivity index (χ3v) is 15.5. The summed E-state index contributed by atoms with van der Waals surface area (Å²) >= 11 is 0. The van der Waals surface area contributed by atoms with Crippen molar-refractivity contribution in [2.75, 3.05) is 13.2 Å². The summed E-state index contributed by atoms with van der Waals surface area (Å²) in [5.41, 5.74) is 0. The Balaban J connectivity index is 4.16. The molecule has 0 amide bonds. The molecule has 0 aromatic rings. The fraction of sp³-hybridized carbons (Fsp3) is 0.847. The zero-order valence-corrected chi connectivity index (χ0v) is 52.5. The molecule has 6 heteroatoms. The minimum Gasteiger partial charge on any atom is -0.462 e. The fourth-order valence-electron chi connectivity index (χ4n) is 10.3. The molecule has 6 nitrogen and oxygen atoms in total. The summed E-state index contributed by atoms with van der Waals surface area (Å²) in [5, 5.41) is 0. The molecule has 0 heterocycles. The van der Waals surface area contributed by atoms with E-state index in [1.165, 1.54) is 257 Å². The van der Waals surface area contributed by atoms with E-state index in [0.717, 1.165) is 77.0 Å². The predicted molar refractivity (Wildman–Crippen MR) is 339 cm³/mol. The first-order chi connectivity index (χ1) is 38.5. The van der Waals surface area contributed by atoms with Crippen molar-refractivity contribution in [1.82, 2.24) is 0 Å². The third kappa shape index (κ3) is 64.2. The number of rotatable bonds is 64. The molecule has 0 aromatic heterocycles. The van der Waals surface area contributed by atoms with E-state index in [0.29, 0.717) is 19.3 Å². The van der Waals surface area contributed by atoms with Crippen molar-refractivity contribution in [3.05, 3.63) is 48.6 Å². The number of carbonyl (C=O) groups is 3. The Bertz CT molecular complexity index is 1350. The summed E-state index contributed by atoms with van der Waals surface area (Å²) in [6.45, 7) is 6.62. The topological polar surface area (TPSA) is 78.9 Å². The van der Waals surface area contributed by atoms with Crippen molar-refractivity contribution < 1.29 is 28.6 Å². The molecule has 0 N–H and O–H groups in total. The third-order valence-electron chi connectivity index (χ3n) is 15.5. The van der Waals surface area contributed by atoms with Gasteiger partial charge >= 0.3 is 17.9 Å². The molecule has 0 aliphatic heterocycles. The van der Waals surface area contributed by atoms with Crippen LogP contribution in [0.3, 0.4) is 0 Å². The number of hydrogen-bond donors (Lipinski definition) is 0. The normalized spacial score (nSPS) is 12.3. The average Bonchev–Trinajstić information content (AvgIpc) is 3.44. The van der Waals surface area contributed by atoms with Crippen molar-refractivity contribution in [3.8, 4) is 0 Å².